The molecule has 0 heterocycles. The Morgan fingerprint density at radius 1 is 1.04 bits per heavy atom. The van der Waals surface area contributed by atoms with Crippen molar-refractivity contribution in [3.63, 3.8) is 0 Å². The van der Waals surface area contributed by atoms with E-state index in [0.717, 1.165) is 5.56 Å². The Hall–Kier alpha value is -2.37. The van der Waals surface area contributed by atoms with Gasteiger partial charge in [-0.05, 0) is 41.8 Å². The molecule has 0 aliphatic rings. The minimum atomic E-state index is -4.74. The minimum absolute atomic E-state index is 0.178. The number of alkyl halides is 3. The van der Waals surface area contributed by atoms with Gasteiger partial charge in [-0.1, -0.05) is 26.0 Å². The lowest BCUT2D eigenvalue weighted by molar-refractivity contribution is -0.137. The monoisotopic (exact) mass is 326 g/mol. The lowest BCUT2D eigenvalue weighted by Gasteiger charge is -2.10. The van der Waals surface area contributed by atoms with Crippen molar-refractivity contribution < 1.29 is 27.1 Å². The van der Waals surface area contributed by atoms with Crippen LogP contribution in [0, 0.1) is 5.82 Å². The van der Waals surface area contributed by atoms with Crippen LogP contribution in [0.25, 0.3) is 0 Å². The quantitative estimate of drug-likeness (QED) is 0.441. The number of rotatable bonds is 3. The van der Waals surface area contributed by atoms with Crippen LogP contribution in [0.1, 0.15) is 41.3 Å². The van der Waals surface area contributed by atoms with Crippen molar-refractivity contribution in [2.24, 2.45) is 0 Å². The van der Waals surface area contributed by atoms with E-state index in [1.54, 1.807) is 12.1 Å². The molecule has 122 valence electrons. The molecule has 0 bridgehead atoms. The van der Waals surface area contributed by atoms with Gasteiger partial charge in [0.15, 0.2) is 0 Å². The first kappa shape index (κ1) is 17.0. The van der Waals surface area contributed by atoms with Crippen molar-refractivity contribution in [1.29, 1.82) is 0 Å². The van der Waals surface area contributed by atoms with Gasteiger partial charge in [-0.15, -0.1) is 0 Å². The van der Waals surface area contributed by atoms with E-state index in [4.69, 9.17) is 4.74 Å². The Morgan fingerprint density at radius 2 is 1.65 bits per heavy atom. The zero-order valence-corrected chi connectivity index (χ0v) is 12.4. The number of halogens is 4. The third-order valence-electron chi connectivity index (χ3n) is 3.22. The van der Waals surface area contributed by atoms with Crippen LogP contribution in [0.2, 0.25) is 0 Å². The first-order valence-electron chi connectivity index (χ1n) is 6.87. The van der Waals surface area contributed by atoms with Gasteiger partial charge in [-0.25, -0.2) is 9.18 Å². The third kappa shape index (κ3) is 4.31. The van der Waals surface area contributed by atoms with Gasteiger partial charge in [-0.2, -0.15) is 13.2 Å². The van der Waals surface area contributed by atoms with Crippen LogP contribution in [0.5, 0.6) is 5.75 Å². The number of ether oxygens (including phenoxy) is 1. The fourth-order valence-electron chi connectivity index (χ4n) is 1.96. The normalized spacial score (nSPS) is 11.6. The molecule has 23 heavy (non-hydrogen) atoms. The molecule has 0 radical (unpaired) electrons. The van der Waals surface area contributed by atoms with Crippen molar-refractivity contribution in [3.05, 3.63) is 65.0 Å². The maximum Gasteiger partial charge on any atom is 0.416 e. The molecule has 0 fully saturated rings. The first-order chi connectivity index (χ1) is 10.7. The second kappa shape index (κ2) is 6.40. The van der Waals surface area contributed by atoms with E-state index in [9.17, 15) is 22.4 Å². The topological polar surface area (TPSA) is 26.3 Å². The Morgan fingerprint density at radius 3 is 2.17 bits per heavy atom. The lowest BCUT2D eigenvalue weighted by Crippen LogP contribution is -2.12. The molecule has 2 aromatic carbocycles. The number of hydrogen-bond acceptors (Lipinski definition) is 2. The fourth-order valence-corrected chi connectivity index (χ4v) is 1.96. The minimum Gasteiger partial charge on any atom is -0.423 e. The molecule has 0 saturated heterocycles. The Balaban J connectivity index is 2.22. The Labute approximate surface area is 130 Å². The zero-order valence-electron chi connectivity index (χ0n) is 12.4. The van der Waals surface area contributed by atoms with E-state index in [1.165, 1.54) is 12.1 Å². The molecular weight excluding hydrogens is 312 g/mol. The molecule has 0 aromatic heterocycles. The molecule has 6 heteroatoms. The molecule has 0 aliphatic carbocycles. The van der Waals surface area contributed by atoms with Crippen LogP contribution in [-0.2, 0) is 6.18 Å². The second-order valence-electron chi connectivity index (χ2n) is 5.34. The SMILES string of the molecule is CC(C)c1ccc(OC(=O)c2cc(F)cc(C(F)(F)F)c2)cc1. The van der Waals surface area contributed by atoms with E-state index in [-0.39, 0.29) is 11.7 Å². The van der Waals surface area contributed by atoms with Crippen molar-refractivity contribution in [1.82, 2.24) is 0 Å². The van der Waals surface area contributed by atoms with Gasteiger partial charge < -0.3 is 4.74 Å². The molecule has 0 unspecified atom stereocenters. The van der Waals surface area contributed by atoms with Crippen molar-refractivity contribution in [3.8, 4) is 5.75 Å². The van der Waals surface area contributed by atoms with Gasteiger partial charge >= 0.3 is 12.1 Å². The van der Waals surface area contributed by atoms with Crippen LogP contribution < -0.4 is 4.74 Å². The number of carbonyl (C=O) groups excluding carboxylic acids is 1. The van der Waals surface area contributed by atoms with Crippen LogP contribution in [0.4, 0.5) is 17.6 Å². The molecule has 2 nitrogen and oxygen atoms in total. The van der Waals surface area contributed by atoms with Gasteiger partial charge in [0.25, 0.3) is 0 Å². The Kier molecular flexibility index (Phi) is 4.73. The predicted molar refractivity (Wildman–Crippen MR) is 76.9 cm³/mol. The number of hydrogen-bond donors (Lipinski definition) is 0. The molecule has 0 saturated carbocycles. The summed E-state index contributed by atoms with van der Waals surface area (Å²) < 4.78 is 56.2. The highest BCUT2D eigenvalue weighted by Gasteiger charge is 2.32. The molecule has 0 atom stereocenters. The maximum absolute atomic E-state index is 13.3. The molecule has 0 N–H and O–H groups in total. The standard InChI is InChI=1S/C17H14F4O2/c1-10(2)11-3-5-15(6-4-11)23-16(22)12-7-13(17(19,20)21)9-14(18)8-12/h3-10H,1-2H3. The summed E-state index contributed by atoms with van der Waals surface area (Å²) in [4.78, 5) is 11.9. The molecule has 0 aliphatic heterocycles. The summed E-state index contributed by atoms with van der Waals surface area (Å²) >= 11 is 0. The fraction of sp³-hybridized carbons (Fsp3) is 0.235. The van der Waals surface area contributed by atoms with Crippen LogP contribution in [0.3, 0.4) is 0 Å². The summed E-state index contributed by atoms with van der Waals surface area (Å²) in [5, 5.41) is 0. The van der Waals surface area contributed by atoms with Crippen LogP contribution in [-0.4, -0.2) is 5.97 Å². The van der Waals surface area contributed by atoms with Crippen molar-refractivity contribution in [2.45, 2.75) is 25.9 Å². The highest BCUT2D eigenvalue weighted by atomic mass is 19.4. The van der Waals surface area contributed by atoms with Gasteiger partial charge in [-0.3, -0.25) is 0 Å². The van der Waals surface area contributed by atoms with Crippen molar-refractivity contribution >= 4 is 5.97 Å². The first-order valence-corrected chi connectivity index (χ1v) is 6.87. The van der Waals surface area contributed by atoms with Crippen LogP contribution >= 0.6 is 0 Å². The number of benzene rings is 2. The van der Waals surface area contributed by atoms with E-state index in [1.807, 2.05) is 13.8 Å². The molecular formula is C17H14F4O2. The molecule has 0 amide bonds. The van der Waals surface area contributed by atoms with Crippen molar-refractivity contribution in [2.75, 3.05) is 0 Å². The van der Waals surface area contributed by atoms with E-state index in [2.05, 4.69) is 0 Å². The lowest BCUT2D eigenvalue weighted by atomic mass is 10.0. The highest BCUT2D eigenvalue weighted by molar-refractivity contribution is 5.91. The second-order valence-corrected chi connectivity index (χ2v) is 5.34. The molecule has 0 spiro atoms. The number of esters is 1. The summed E-state index contributed by atoms with van der Waals surface area (Å²) in [5.41, 5.74) is -0.709. The van der Waals surface area contributed by atoms with E-state index >= 15 is 0 Å². The van der Waals surface area contributed by atoms with E-state index in [0.29, 0.717) is 18.2 Å². The summed E-state index contributed by atoms with van der Waals surface area (Å²) in [6, 6.07) is 8.18. The molecule has 2 rings (SSSR count). The zero-order chi connectivity index (χ0) is 17.2. The average Bonchev–Trinajstić information content (AvgIpc) is 2.46. The predicted octanol–water partition coefficient (Wildman–Crippen LogP) is 5.19. The van der Waals surface area contributed by atoms with Gasteiger partial charge in [0.2, 0.25) is 0 Å². The summed E-state index contributed by atoms with van der Waals surface area (Å²) in [6.07, 6.45) is -4.74. The van der Waals surface area contributed by atoms with Gasteiger partial charge in [0.05, 0.1) is 11.1 Å². The smallest absolute Gasteiger partial charge is 0.416 e. The largest absolute Gasteiger partial charge is 0.423 e. The maximum atomic E-state index is 13.3. The summed E-state index contributed by atoms with van der Waals surface area (Å²) in [7, 11) is 0. The summed E-state index contributed by atoms with van der Waals surface area (Å²) in [6.45, 7) is 3.98. The third-order valence-corrected chi connectivity index (χ3v) is 3.22. The van der Waals surface area contributed by atoms with Gasteiger partial charge in [0, 0.05) is 0 Å². The van der Waals surface area contributed by atoms with Crippen LogP contribution in [0.15, 0.2) is 42.5 Å². The molecule has 2 aromatic rings. The van der Waals surface area contributed by atoms with E-state index < -0.39 is 29.1 Å². The average molecular weight is 326 g/mol. The Bertz CT molecular complexity index is 704. The summed E-state index contributed by atoms with van der Waals surface area (Å²) in [5.74, 6) is -1.73. The number of carbonyl (C=O) groups is 1. The highest BCUT2D eigenvalue weighted by Crippen LogP contribution is 2.30. The van der Waals surface area contributed by atoms with Gasteiger partial charge in [0.1, 0.15) is 11.6 Å².